The van der Waals surface area contributed by atoms with E-state index in [1.54, 1.807) is 25.4 Å². The molecule has 0 fully saturated rings. The van der Waals surface area contributed by atoms with E-state index in [9.17, 15) is 5.11 Å². The highest BCUT2D eigenvalue weighted by Gasteiger charge is 2.14. The zero-order chi connectivity index (χ0) is 20.1. The fraction of sp³-hybridized carbons (Fsp3) is 0.238. The second kappa shape index (κ2) is 8.91. The van der Waals surface area contributed by atoms with E-state index in [0.29, 0.717) is 28.8 Å². The van der Waals surface area contributed by atoms with Gasteiger partial charge in [-0.3, -0.25) is 0 Å². The van der Waals surface area contributed by atoms with E-state index < -0.39 is 0 Å². The summed E-state index contributed by atoms with van der Waals surface area (Å²) in [6, 6.07) is 12.4. The fourth-order valence-corrected chi connectivity index (χ4v) is 2.86. The number of benzene rings is 2. The number of aromatic hydroxyl groups is 1. The predicted molar refractivity (Wildman–Crippen MR) is 113 cm³/mol. The van der Waals surface area contributed by atoms with Gasteiger partial charge in [-0.15, -0.1) is 0 Å². The molecule has 3 rings (SSSR count). The van der Waals surface area contributed by atoms with Crippen LogP contribution in [0.4, 0.5) is 5.82 Å². The Morgan fingerprint density at radius 1 is 1.18 bits per heavy atom. The van der Waals surface area contributed by atoms with Crippen LogP contribution in [0.2, 0.25) is 5.02 Å². The molecule has 7 heteroatoms. The Balaban J connectivity index is 2.04. The SMILES string of the molecule is CC[C@H](N)CNc1nc(-c2cc(Cl)ccc2O)ncc1-c1ccc(OC)cc1. The summed E-state index contributed by atoms with van der Waals surface area (Å²) < 4.78 is 5.23. The number of phenols is 1. The van der Waals surface area contributed by atoms with Crippen molar-refractivity contribution in [2.24, 2.45) is 5.73 Å². The fourth-order valence-electron chi connectivity index (χ4n) is 2.69. The number of nitrogens with two attached hydrogens (primary N) is 1. The second-order valence-electron chi connectivity index (χ2n) is 6.40. The van der Waals surface area contributed by atoms with Crippen molar-refractivity contribution in [3.63, 3.8) is 0 Å². The zero-order valence-corrected chi connectivity index (χ0v) is 16.6. The number of hydrogen-bond acceptors (Lipinski definition) is 6. The molecule has 0 radical (unpaired) electrons. The van der Waals surface area contributed by atoms with Crippen molar-refractivity contribution in [2.45, 2.75) is 19.4 Å². The molecule has 0 unspecified atom stereocenters. The predicted octanol–water partition coefficient (Wildman–Crippen LogP) is 4.33. The van der Waals surface area contributed by atoms with Crippen molar-refractivity contribution in [3.8, 4) is 34.0 Å². The molecule has 1 atom stereocenters. The van der Waals surface area contributed by atoms with Gasteiger partial charge in [0.1, 0.15) is 17.3 Å². The van der Waals surface area contributed by atoms with Crippen molar-refractivity contribution in [1.29, 1.82) is 0 Å². The van der Waals surface area contributed by atoms with E-state index in [2.05, 4.69) is 15.3 Å². The van der Waals surface area contributed by atoms with Gasteiger partial charge in [-0.1, -0.05) is 30.7 Å². The minimum atomic E-state index is 0.00158. The molecular formula is C21H23ClN4O2. The van der Waals surface area contributed by atoms with Crippen molar-refractivity contribution in [3.05, 3.63) is 53.7 Å². The zero-order valence-electron chi connectivity index (χ0n) is 15.8. The lowest BCUT2D eigenvalue weighted by Crippen LogP contribution is -2.28. The van der Waals surface area contributed by atoms with Crippen LogP contribution in [0.25, 0.3) is 22.5 Å². The number of rotatable bonds is 7. The van der Waals surface area contributed by atoms with Crippen molar-refractivity contribution < 1.29 is 9.84 Å². The summed E-state index contributed by atoms with van der Waals surface area (Å²) in [4.78, 5) is 9.09. The van der Waals surface area contributed by atoms with Crippen molar-refractivity contribution in [2.75, 3.05) is 19.0 Å². The Bertz CT molecular complexity index is 948. The van der Waals surface area contributed by atoms with Crippen molar-refractivity contribution in [1.82, 2.24) is 9.97 Å². The largest absolute Gasteiger partial charge is 0.507 e. The standard InChI is InChI=1S/C21H23ClN4O2/c1-3-15(23)11-24-21-18(13-4-7-16(28-2)8-5-13)12-25-20(26-21)17-10-14(22)6-9-19(17)27/h4-10,12,15,27H,3,11,23H2,1-2H3,(H,24,25,26)/t15-/m0/s1. The molecule has 0 aliphatic carbocycles. The smallest absolute Gasteiger partial charge is 0.165 e. The first kappa shape index (κ1) is 19.9. The summed E-state index contributed by atoms with van der Waals surface area (Å²) in [6.07, 6.45) is 2.57. The van der Waals surface area contributed by atoms with Crippen LogP contribution in [0.5, 0.6) is 11.5 Å². The summed E-state index contributed by atoms with van der Waals surface area (Å²) in [5, 5.41) is 14.0. The second-order valence-corrected chi connectivity index (χ2v) is 6.83. The van der Waals surface area contributed by atoms with Gasteiger partial charge in [0.05, 0.1) is 12.7 Å². The van der Waals surface area contributed by atoms with Crippen LogP contribution in [-0.2, 0) is 0 Å². The van der Waals surface area contributed by atoms with Crippen LogP contribution in [0.15, 0.2) is 48.7 Å². The normalized spacial score (nSPS) is 11.9. The van der Waals surface area contributed by atoms with Crippen molar-refractivity contribution >= 4 is 17.4 Å². The van der Waals surface area contributed by atoms with Crippen LogP contribution in [-0.4, -0.2) is 34.8 Å². The first-order valence-corrected chi connectivity index (χ1v) is 9.39. The molecule has 1 aromatic heterocycles. The summed E-state index contributed by atoms with van der Waals surface area (Å²) in [7, 11) is 1.63. The van der Waals surface area contributed by atoms with Crippen LogP contribution < -0.4 is 15.8 Å². The van der Waals surface area contributed by atoms with E-state index in [-0.39, 0.29) is 11.8 Å². The maximum Gasteiger partial charge on any atom is 0.165 e. The lowest BCUT2D eigenvalue weighted by atomic mass is 10.1. The molecule has 2 aromatic carbocycles. The molecule has 1 heterocycles. The van der Waals surface area contributed by atoms with Crippen LogP contribution in [0.1, 0.15) is 13.3 Å². The van der Waals surface area contributed by atoms with Gasteiger partial charge >= 0.3 is 0 Å². The minimum Gasteiger partial charge on any atom is -0.507 e. The maximum absolute atomic E-state index is 10.2. The summed E-state index contributed by atoms with van der Waals surface area (Å²) in [5.41, 5.74) is 8.30. The first-order chi connectivity index (χ1) is 13.5. The van der Waals surface area contributed by atoms with E-state index >= 15 is 0 Å². The van der Waals surface area contributed by atoms with Gasteiger partial charge in [0.2, 0.25) is 0 Å². The van der Waals surface area contributed by atoms with Gasteiger partial charge < -0.3 is 20.9 Å². The van der Waals surface area contributed by atoms with Gasteiger partial charge in [0.25, 0.3) is 0 Å². The highest BCUT2D eigenvalue weighted by molar-refractivity contribution is 6.30. The average Bonchev–Trinajstić information content (AvgIpc) is 2.73. The number of nitrogens with zero attached hydrogens (tertiary/aromatic N) is 2. The molecule has 0 spiro atoms. The molecule has 3 aromatic rings. The van der Waals surface area contributed by atoms with Gasteiger partial charge in [0, 0.05) is 29.4 Å². The maximum atomic E-state index is 10.2. The molecule has 6 nitrogen and oxygen atoms in total. The molecule has 28 heavy (non-hydrogen) atoms. The Labute approximate surface area is 169 Å². The molecule has 4 N–H and O–H groups in total. The van der Waals surface area contributed by atoms with Crippen LogP contribution in [0.3, 0.4) is 0 Å². The number of phenolic OH excluding ortho intramolecular Hbond substituents is 1. The Hall–Kier alpha value is -2.83. The molecule has 0 bridgehead atoms. The lowest BCUT2D eigenvalue weighted by molar-refractivity contribution is 0.415. The number of halogens is 1. The highest BCUT2D eigenvalue weighted by atomic mass is 35.5. The molecule has 0 aliphatic heterocycles. The number of ether oxygens (including phenoxy) is 1. The number of aromatic nitrogens is 2. The van der Waals surface area contributed by atoms with Gasteiger partial charge in [-0.05, 0) is 42.3 Å². The van der Waals surface area contributed by atoms with E-state index in [1.807, 2.05) is 31.2 Å². The third kappa shape index (κ3) is 4.52. The molecule has 146 valence electrons. The summed E-state index contributed by atoms with van der Waals surface area (Å²) in [5.74, 6) is 1.86. The number of methoxy groups -OCH3 is 1. The monoisotopic (exact) mass is 398 g/mol. The summed E-state index contributed by atoms with van der Waals surface area (Å²) >= 11 is 6.07. The molecule has 0 saturated carbocycles. The first-order valence-electron chi connectivity index (χ1n) is 9.01. The topological polar surface area (TPSA) is 93.3 Å². The molecule has 0 aliphatic rings. The summed E-state index contributed by atoms with van der Waals surface area (Å²) in [6.45, 7) is 2.60. The Morgan fingerprint density at radius 2 is 1.93 bits per heavy atom. The van der Waals surface area contributed by atoms with Crippen LogP contribution >= 0.6 is 11.6 Å². The third-order valence-corrected chi connectivity index (χ3v) is 4.68. The molecule has 0 saturated heterocycles. The van der Waals surface area contributed by atoms with E-state index in [4.69, 9.17) is 22.1 Å². The van der Waals surface area contributed by atoms with E-state index in [1.165, 1.54) is 6.07 Å². The minimum absolute atomic E-state index is 0.00158. The Kier molecular flexibility index (Phi) is 6.34. The number of nitrogens with one attached hydrogen (secondary N) is 1. The molecular weight excluding hydrogens is 376 g/mol. The van der Waals surface area contributed by atoms with E-state index in [0.717, 1.165) is 23.3 Å². The quantitative estimate of drug-likeness (QED) is 0.548. The van der Waals surface area contributed by atoms with Crippen LogP contribution in [0, 0.1) is 0 Å². The Morgan fingerprint density at radius 3 is 2.61 bits per heavy atom. The lowest BCUT2D eigenvalue weighted by Gasteiger charge is -2.16. The van der Waals surface area contributed by atoms with Gasteiger partial charge in [-0.25, -0.2) is 9.97 Å². The van der Waals surface area contributed by atoms with Gasteiger partial charge in [-0.2, -0.15) is 0 Å². The number of anilines is 1. The third-order valence-electron chi connectivity index (χ3n) is 4.45. The molecule has 0 amide bonds. The van der Waals surface area contributed by atoms with Gasteiger partial charge in [0.15, 0.2) is 5.82 Å². The number of hydrogen-bond donors (Lipinski definition) is 3. The highest BCUT2D eigenvalue weighted by Crippen LogP contribution is 2.33. The average molecular weight is 399 g/mol.